The summed E-state index contributed by atoms with van der Waals surface area (Å²) in [5.74, 6) is -1.21. The number of nitro groups is 1. The standard InChI is InChI=1S/C10H8FN5O4/c1-19-9-13-8(12)14-10(15-9)20-5-2-3-7(16(17)18)6(11)4-5/h2-4H,1H3,(H2,12,13,14,15). The van der Waals surface area contributed by atoms with Crippen LogP contribution in [0.5, 0.6) is 17.8 Å². The number of ether oxygens (including phenoxy) is 2. The van der Waals surface area contributed by atoms with Gasteiger partial charge in [-0.15, -0.1) is 4.98 Å². The van der Waals surface area contributed by atoms with Crippen LogP contribution < -0.4 is 15.2 Å². The molecule has 1 aromatic carbocycles. The highest BCUT2D eigenvalue weighted by molar-refractivity contribution is 5.39. The van der Waals surface area contributed by atoms with Crippen LogP contribution in [-0.2, 0) is 0 Å². The van der Waals surface area contributed by atoms with Gasteiger partial charge in [0, 0.05) is 12.1 Å². The number of aromatic nitrogens is 3. The molecule has 0 fully saturated rings. The maximum Gasteiger partial charge on any atom is 0.330 e. The largest absolute Gasteiger partial charge is 0.467 e. The molecule has 2 aromatic rings. The van der Waals surface area contributed by atoms with Crippen LogP contribution in [0.3, 0.4) is 0 Å². The zero-order chi connectivity index (χ0) is 14.7. The summed E-state index contributed by atoms with van der Waals surface area (Å²) in [4.78, 5) is 20.7. The lowest BCUT2D eigenvalue weighted by atomic mass is 10.3. The molecule has 0 saturated heterocycles. The number of nitrogens with zero attached hydrogens (tertiary/aromatic N) is 4. The number of anilines is 1. The first-order valence-corrected chi connectivity index (χ1v) is 5.17. The monoisotopic (exact) mass is 281 g/mol. The smallest absolute Gasteiger partial charge is 0.330 e. The van der Waals surface area contributed by atoms with Gasteiger partial charge in [-0.05, 0) is 6.07 Å². The molecule has 9 nitrogen and oxygen atoms in total. The van der Waals surface area contributed by atoms with Crippen LogP contribution in [0.15, 0.2) is 18.2 Å². The normalized spacial score (nSPS) is 10.1. The van der Waals surface area contributed by atoms with Crippen molar-refractivity contribution in [1.82, 2.24) is 15.0 Å². The molecule has 0 spiro atoms. The Morgan fingerprint density at radius 3 is 2.60 bits per heavy atom. The molecule has 0 amide bonds. The van der Waals surface area contributed by atoms with Crippen molar-refractivity contribution < 1.29 is 18.8 Å². The second-order valence-electron chi connectivity index (χ2n) is 3.44. The van der Waals surface area contributed by atoms with Gasteiger partial charge in [0.1, 0.15) is 5.75 Å². The minimum Gasteiger partial charge on any atom is -0.467 e. The van der Waals surface area contributed by atoms with Gasteiger partial charge in [0.05, 0.1) is 12.0 Å². The van der Waals surface area contributed by atoms with Gasteiger partial charge in [0.15, 0.2) is 0 Å². The van der Waals surface area contributed by atoms with Crippen LogP contribution in [0.25, 0.3) is 0 Å². The predicted molar refractivity (Wildman–Crippen MR) is 63.9 cm³/mol. The summed E-state index contributed by atoms with van der Waals surface area (Å²) >= 11 is 0. The second-order valence-corrected chi connectivity index (χ2v) is 3.44. The van der Waals surface area contributed by atoms with E-state index < -0.39 is 16.4 Å². The van der Waals surface area contributed by atoms with Crippen molar-refractivity contribution in [2.24, 2.45) is 0 Å². The summed E-state index contributed by atoms with van der Waals surface area (Å²) in [5.41, 5.74) is 4.73. The average molecular weight is 281 g/mol. The van der Waals surface area contributed by atoms with E-state index in [1.54, 1.807) is 0 Å². The highest BCUT2D eigenvalue weighted by Crippen LogP contribution is 2.25. The van der Waals surface area contributed by atoms with E-state index in [1.807, 2.05) is 0 Å². The van der Waals surface area contributed by atoms with Crippen molar-refractivity contribution in [3.8, 4) is 17.8 Å². The van der Waals surface area contributed by atoms with Gasteiger partial charge >= 0.3 is 17.7 Å². The third kappa shape index (κ3) is 2.85. The molecule has 2 rings (SSSR count). The molecule has 0 aliphatic heterocycles. The number of hydrogen-bond donors (Lipinski definition) is 1. The zero-order valence-corrected chi connectivity index (χ0v) is 10.1. The van der Waals surface area contributed by atoms with Gasteiger partial charge in [-0.1, -0.05) is 0 Å². The fraction of sp³-hybridized carbons (Fsp3) is 0.100. The van der Waals surface area contributed by atoms with E-state index >= 15 is 0 Å². The summed E-state index contributed by atoms with van der Waals surface area (Å²) in [6.45, 7) is 0. The fourth-order valence-electron chi connectivity index (χ4n) is 1.29. The van der Waals surface area contributed by atoms with E-state index in [9.17, 15) is 14.5 Å². The molecular weight excluding hydrogens is 273 g/mol. The molecule has 0 bridgehead atoms. The molecule has 0 aliphatic carbocycles. The van der Waals surface area contributed by atoms with Crippen molar-refractivity contribution in [2.45, 2.75) is 0 Å². The minimum atomic E-state index is -1.04. The summed E-state index contributed by atoms with van der Waals surface area (Å²) in [5, 5.41) is 10.5. The summed E-state index contributed by atoms with van der Waals surface area (Å²) in [7, 11) is 1.32. The quantitative estimate of drug-likeness (QED) is 0.656. The second kappa shape index (κ2) is 5.30. The van der Waals surface area contributed by atoms with Crippen LogP contribution in [0.4, 0.5) is 16.0 Å². The molecule has 2 N–H and O–H groups in total. The number of rotatable bonds is 4. The molecule has 0 radical (unpaired) electrons. The Balaban J connectivity index is 2.28. The van der Waals surface area contributed by atoms with Gasteiger partial charge in [0.25, 0.3) is 0 Å². The molecule has 0 saturated carbocycles. The van der Waals surface area contributed by atoms with Crippen LogP contribution >= 0.6 is 0 Å². The highest BCUT2D eigenvalue weighted by atomic mass is 19.1. The lowest BCUT2D eigenvalue weighted by Gasteiger charge is -2.05. The van der Waals surface area contributed by atoms with Gasteiger partial charge in [0.2, 0.25) is 11.8 Å². The van der Waals surface area contributed by atoms with Crippen LogP contribution in [-0.4, -0.2) is 27.0 Å². The van der Waals surface area contributed by atoms with E-state index in [0.29, 0.717) is 0 Å². The highest BCUT2D eigenvalue weighted by Gasteiger charge is 2.15. The Labute approximate surface area is 111 Å². The SMILES string of the molecule is COc1nc(N)nc(Oc2ccc([N+](=O)[O-])c(F)c2)n1. The van der Waals surface area contributed by atoms with Crippen molar-refractivity contribution in [1.29, 1.82) is 0 Å². The van der Waals surface area contributed by atoms with Crippen molar-refractivity contribution in [2.75, 3.05) is 12.8 Å². The molecule has 10 heteroatoms. The molecular formula is C10H8FN5O4. The molecule has 0 atom stereocenters. The van der Waals surface area contributed by atoms with Gasteiger partial charge in [-0.25, -0.2) is 0 Å². The number of nitrogens with two attached hydrogens (primary N) is 1. The van der Waals surface area contributed by atoms with Gasteiger partial charge < -0.3 is 15.2 Å². The lowest BCUT2D eigenvalue weighted by molar-refractivity contribution is -0.387. The van der Waals surface area contributed by atoms with Crippen LogP contribution in [0.2, 0.25) is 0 Å². The predicted octanol–water partition coefficient (Wildman–Crippen LogP) is 1.30. The van der Waals surface area contributed by atoms with Crippen molar-refractivity contribution >= 4 is 11.6 Å². The van der Waals surface area contributed by atoms with E-state index in [1.165, 1.54) is 13.2 Å². The van der Waals surface area contributed by atoms with Gasteiger partial charge in [-0.3, -0.25) is 10.1 Å². The fourth-order valence-corrected chi connectivity index (χ4v) is 1.29. The summed E-state index contributed by atoms with van der Waals surface area (Å²) in [6, 6.07) is 2.71. The van der Waals surface area contributed by atoms with E-state index in [4.69, 9.17) is 15.2 Å². The molecule has 0 unspecified atom stereocenters. The number of hydrogen-bond acceptors (Lipinski definition) is 8. The van der Waals surface area contributed by atoms with E-state index in [2.05, 4.69) is 15.0 Å². The third-order valence-corrected chi connectivity index (χ3v) is 2.12. The number of nitro benzene ring substituents is 1. The number of benzene rings is 1. The maximum absolute atomic E-state index is 13.4. The molecule has 1 aromatic heterocycles. The molecule has 104 valence electrons. The Bertz CT molecular complexity index is 666. The average Bonchev–Trinajstić information content (AvgIpc) is 2.37. The third-order valence-electron chi connectivity index (χ3n) is 2.12. The first-order chi connectivity index (χ1) is 9.49. The minimum absolute atomic E-state index is 0.0271. The Kier molecular flexibility index (Phi) is 3.55. The van der Waals surface area contributed by atoms with Gasteiger partial charge in [-0.2, -0.15) is 14.4 Å². The number of halogens is 1. The first kappa shape index (κ1) is 13.4. The maximum atomic E-state index is 13.4. The van der Waals surface area contributed by atoms with E-state index in [0.717, 1.165) is 12.1 Å². The number of methoxy groups -OCH3 is 1. The van der Waals surface area contributed by atoms with Crippen molar-refractivity contribution in [3.05, 3.63) is 34.1 Å². The molecule has 20 heavy (non-hydrogen) atoms. The van der Waals surface area contributed by atoms with Crippen molar-refractivity contribution in [3.63, 3.8) is 0 Å². The Morgan fingerprint density at radius 2 is 2.00 bits per heavy atom. The Hall–Kier alpha value is -3.04. The molecule has 0 aliphatic rings. The number of nitrogen functional groups attached to an aromatic ring is 1. The van der Waals surface area contributed by atoms with Crippen LogP contribution in [0, 0.1) is 15.9 Å². The summed E-state index contributed by atoms with van der Waals surface area (Å²) in [6.07, 6.45) is 0. The van der Waals surface area contributed by atoms with E-state index in [-0.39, 0.29) is 23.7 Å². The Morgan fingerprint density at radius 1 is 1.30 bits per heavy atom. The topological polar surface area (TPSA) is 126 Å². The lowest BCUT2D eigenvalue weighted by Crippen LogP contribution is -2.03. The summed E-state index contributed by atoms with van der Waals surface area (Å²) < 4.78 is 23.3. The first-order valence-electron chi connectivity index (χ1n) is 5.17. The molecule has 1 heterocycles. The van der Waals surface area contributed by atoms with Crippen LogP contribution in [0.1, 0.15) is 0 Å². The zero-order valence-electron chi connectivity index (χ0n) is 10.1.